The predicted molar refractivity (Wildman–Crippen MR) is 205 cm³/mol. The average Bonchev–Trinajstić information content (AvgIpc) is 3.71. The van der Waals surface area contributed by atoms with Crippen LogP contribution in [0.15, 0.2) is 176 Å². The highest BCUT2D eigenvalue weighted by Gasteiger charge is 2.21. The van der Waals surface area contributed by atoms with E-state index in [2.05, 4.69) is 124 Å². The van der Waals surface area contributed by atoms with E-state index in [1.54, 1.807) is 0 Å². The molecule has 0 unspecified atom stereocenters. The standard InChI is InChI=1S/C45H29N5/c1-4-15-30(16-5-1)43-46-44(31-17-6-2-7-18-31)48-45(47-43)32-27-28-39-36(29-32)42-40(49(39)33-19-8-3-9-20-33)25-14-26-41(42)50-37-23-12-10-21-34(37)35-22-11-13-24-38(35)50/h1-29H. The van der Waals surface area contributed by atoms with Crippen molar-refractivity contribution in [3.8, 4) is 45.5 Å². The Kier molecular flexibility index (Phi) is 6.42. The lowest BCUT2D eigenvalue weighted by atomic mass is 10.1. The third-order valence-corrected chi connectivity index (χ3v) is 9.56. The van der Waals surface area contributed by atoms with Crippen molar-refractivity contribution in [2.75, 3.05) is 0 Å². The lowest BCUT2D eigenvalue weighted by molar-refractivity contribution is 1.07. The van der Waals surface area contributed by atoms with Crippen molar-refractivity contribution in [3.05, 3.63) is 176 Å². The summed E-state index contributed by atoms with van der Waals surface area (Å²) in [5.74, 6) is 1.93. The van der Waals surface area contributed by atoms with Gasteiger partial charge in [0.1, 0.15) is 0 Å². The lowest BCUT2D eigenvalue weighted by Gasteiger charge is -2.11. The van der Waals surface area contributed by atoms with Gasteiger partial charge in [-0.25, -0.2) is 15.0 Å². The van der Waals surface area contributed by atoms with E-state index in [9.17, 15) is 0 Å². The van der Waals surface area contributed by atoms with Gasteiger partial charge in [-0.3, -0.25) is 0 Å². The van der Waals surface area contributed by atoms with Gasteiger partial charge in [-0.05, 0) is 54.6 Å². The zero-order valence-electron chi connectivity index (χ0n) is 27.0. The van der Waals surface area contributed by atoms with Gasteiger partial charge in [0.2, 0.25) is 0 Å². The van der Waals surface area contributed by atoms with Crippen LogP contribution in [-0.2, 0) is 0 Å². The van der Waals surface area contributed by atoms with Crippen LogP contribution in [0.4, 0.5) is 0 Å². The Morgan fingerprint density at radius 3 is 1.40 bits per heavy atom. The number of nitrogens with zero attached hydrogens (tertiary/aromatic N) is 5. The third-order valence-electron chi connectivity index (χ3n) is 9.56. The summed E-state index contributed by atoms with van der Waals surface area (Å²) in [5.41, 5.74) is 9.66. The largest absolute Gasteiger partial charge is 0.309 e. The molecule has 0 amide bonds. The molecule has 7 aromatic carbocycles. The van der Waals surface area contributed by atoms with E-state index < -0.39 is 0 Å². The van der Waals surface area contributed by atoms with Crippen molar-refractivity contribution >= 4 is 43.6 Å². The molecule has 0 atom stereocenters. The monoisotopic (exact) mass is 639 g/mol. The normalized spacial score (nSPS) is 11.6. The van der Waals surface area contributed by atoms with Crippen molar-refractivity contribution < 1.29 is 0 Å². The summed E-state index contributed by atoms with van der Waals surface area (Å²) in [7, 11) is 0. The van der Waals surface area contributed by atoms with Crippen LogP contribution in [0.5, 0.6) is 0 Å². The van der Waals surface area contributed by atoms with Crippen LogP contribution in [0.25, 0.3) is 89.2 Å². The predicted octanol–water partition coefficient (Wildman–Crippen LogP) is 11.1. The van der Waals surface area contributed by atoms with Crippen LogP contribution in [0.3, 0.4) is 0 Å². The molecule has 50 heavy (non-hydrogen) atoms. The van der Waals surface area contributed by atoms with E-state index in [4.69, 9.17) is 15.0 Å². The summed E-state index contributed by atoms with van der Waals surface area (Å²) in [6, 6.07) is 61.5. The molecule has 0 radical (unpaired) electrons. The topological polar surface area (TPSA) is 48.5 Å². The van der Waals surface area contributed by atoms with Crippen molar-refractivity contribution in [1.29, 1.82) is 0 Å². The maximum Gasteiger partial charge on any atom is 0.164 e. The molecule has 0 N–H and O–H groups in total. The maximum absolute atomic E-state index is 5.07. The van der Waals surface area contributed by atoms with Crippen LogP contribution in [0, 0.1) is 0 Å². The van der Waals surface area contributed by atoms with E-state index in [0.29, 0.717) is 17.5 Å². The molecule has 0 saturated heterocycles. The number of hydrogen-bond acceptors (Lipinski definition) is 3. The quantitative estimate of drug-likeness (QED) is 0.188. The molecular formula is C45H29N5. The number of fused-ring (bicyclic) bond motifs is 6. The summed E-state index contributed by atoms with van der Waals surface area (Å²) < 4.78 is 4.78. The van der Waals surface area contributed by atoms with Crippen molar-refractivity contribution in [3.63, 3.8) is 0 Å². The fourth-order valence-corrected chi connectivity index (χ4v) is 7.35. The molecule has 0 aliphatic rings. The molecular weight excluding hydrogens is 611 g/mol. The smallest absolute Gasteiger partial charge is 0.164 e. The van der Waals surface area contributed by atoms with Gasteiger partial charge < -0.3 is 9.13 Å². The highest BCUT2D eigenvalue weighted by atomic mass is 15.0. The molecule has 234 valence electrons. The Labute approximate surface area is 288 Å². The lowest BCUT2D eigenvalue weighted by Crippen LogP contribution is -2.00. The second kappa shape index (κ2) is 11.4. The first-order valence-corrected chi connectivity index (χ1v) is 16.8. The fourth-order valence-electron chi connectivity index (χ4n) is 7.35. The Bertz CT molecular complexity index is 2740. The molecule has 0 bridgehead atoms. The van der Waals surface area contributed by atoms with Crippen molar-refractivity contribution in [2.45, 2.75) is 0 Å². The molecule has 0 fully saturated rings. The average molecular weight is 640 g/mol. The van der Waals surface area contributed by atoms with Crippen LogP contribution < -0.4 is 0 Å². The SMILES string of the molecule is c1ccc(-c2nc(-c3ccccc3)nc(-c3ccc4c(c3)c3c(-n5c6ccccc6c6ccccc65)cccc3n4-c3ccccc3)n2)cc1. The molecule has 0 aliphatic heterocycles. The van der Waals surface area contributed by atoms with E-state index in [1.165, 1.54) is 27.2 Å². The molecule has 0 spiro atoms. The minimum absolute atomic E-state index is 0.634. The van der Waals surface area contributed by atoms with Crippen LogP contribution in [0.1, 0.15) is 0 Å². The van der Waals surface area contributed by atoms with Gasteiger partial charge >= 0.3 is 0 Å². The zero-order valence-corrected chi connectivity index (χ0v) is 27.0. The Morgan fingerprint density at radius 2 is 0.800 bits per heavy atom. The second-order valence-corrected chi connectivity index (χ2v) is 12.5. The number of para-hydroxylation sites is 3. The molecule has 10 aromatic rings. The fraction of sp³-hybridized carbons (Fsp3) is 0. The maximum atomic E-state index is 5.07. The van der Waals surface area contributed by atoms with Gasteiger partial charge in [-0.15, -0.1) is 0 Å². The van der Waals surface area contributed by atoms with E-state index in [-0.39, 0.29) is 0 Å². The zero-order chi connectivity index (χ0) is 33.0. The summed E-state index contributed by atoms with van der Waals surface area (Å²) in [6.45, 7) is 0. The first-order valence-electron chi connectivity index (χ1n) is 16.8. The Morgan fingerprint density at radius 1 is 0.320 bits per heavy atom. The molecule has 5 nitrogen and oxygen atoms in total. The van der Waals surface area contributed by atoms with Gasteiger partial charge in [0.05, 0.1) is 27.8 Å². The first-order chi connectivity index (χ1) is 24.8. The van der Waals surface area contributed by atoms with Gasteiger partial charge in [0.25, 0.3) is 0 Å². The Hall–Kier alpha value is -6.85. The minimum Gasteiger partial charge on any atom is -0.309 e. The summed E-state index contributed by atoms with van der Waals surface area (Å²) in [5, 5.41) is 4.77. The number of aromatic nitrogens is 5. The molecule has 3 aromatic heterocycles. The van der Waals surface area contributed by atoms with E-state index in [1.807, 2.05) is 60.7 Å². The van der Waals surface area contributed by atoms with Gasteiger partial charge in [0, 0.05) is 43.9 Å². The van der Waals surface area contributed by atoms with Gasteiger partial charge in [-0.1, -0.05) is 121 Å². The van der Waals surface area contributed by atoms with Crippen molar-refractivity contribution in [2.24, 2.45) is 0 Å². The Balaban J connectivity index is 1.29. The van der Waals surface area contributed by atoms with Gasteiger partial charge in [-0.2, -0.15) is 0 Å². The molecule has 5 heteroatoms. The third kappa shape index (κ3) is 4.45. The summed E-state index contributed by atoms with van der Waals surface area (Å²) in [4.78, 5) is 15.1. The van der Waals surface area contributed by atoms with E-state index >= 15 is 0 Å². The van der Waals surface area contributed by atoms with Gasteiger partial charge in [0.15, 0.2) is 17.5 Å². The summed E-state index contributed by atoms with van der Waals surface area (Å²) >= 11 is 0. The molecule has 0 aliphatic carbocycles. The highest BCUT2D eigenvalue weighted by molar-refractivity contribution is 6.17. The van der Waals surface area contributed by atoms with Crippen LogP contribution in [0.2, 0.25) is 0 Å². The summed E-state index contributed by atoms with van der Waals surface area (Å²) in [6.07, 6.45) is 0. The number of benzene rings is 7. The van der Waals surface area contributed by atoms with Crippen LogP contribution in [-0.4, -0.2) is 24.1 Å². The first kappa shape index (κ1) is 28.2. The molecule has 3 heterocycles. The number of hydrogen-bond donors (Lipinski definition) is 0. The molecule has 10 rings (SSSR count). The van der Waals surface area contributed by atoms with Crippen LogP contribution >= 0.6 is 0 Å². The number of rotatable bonds is 5. The highest BCUT2D eigenvalue weighted by Crippen LogP contribution is 2.41. The minimum atomic E-state index is 0.634. The van der Waals surface area contributed by atoms with Crippen molar-refractivity contribution in [1.82, 2.24) is 24.1 Å². The van der Waals surface area contributed by atoms with E-state index in [0.717, 1.165) is 44.5 Å². The second-order valence-electron chi connectivity index (χ2n) is 12.5. The molecule has 0 saturated carbocycles.